The monoisotopic (exact) mass is 362 g/mol. The summed E-state index contributed by atoms with van der Waals surface area (Å²) in [6, 6.07) is 5.96. The number of hydrogen-bond donors (Lipinski definition) is 2. The molecular weight excluding hydrogens is 344 g/mol. The number of nitrogens with zero attached hydrogens (tertiary/aromatic N) is 2. The van der Waals surface area contributed by atoms with E-state index in [9.17, 15) is 4.79 Å². The van der Waals surface area contributed by atoms with E-state index in [1.165, 1.54) is 0 Å². The van der Waals surface area contributed by atoms with Crippen LogP contribution in [0.5, 0.6) is 0 Å². The first kappa shape index (κ1) is 14.2. The van der Waals surface area contributed by atoms with Gasteiger partial charge in [-0.3, -0.25) is 4.79 Å². The molecule has 1 aliphatic carbocycles. The maximum Gasteiger partial charge on any atom is 0.224 e. The van der Waals surface area contributed by atoms with Crippen molar-refractivity contribution in [2.75, 3.05) is 13.1 Å². The van der Waals surface area contributed by atoms with Gasteiger partial charge >= 0.3 is 0 Å². The molecule has 1 aliphatic heterocycles. The summed E-state index contributed by atoms with van der Waals surface area (Å²) in [7, 11) is 0. The van der Waals surface area contributed by atoms with Gasteiger partial charge in [-0.05, 0) is 66.8 Å². The van der Waals surface area contributed by atoms with E-state index in [-0.39, 0.29) is 11.8 Å². The number of halogens is 1. The molecule has 0 radical (unpaired) electrons. The number of amides is 1. The number of pyridine rings is 1. The highest BCUT2D eigenvalue weighted by Gasteiger charge is 2.57. The van der Waals surface area contributed by atoms with Crippen molar-refractivity contribution in [2.45, 2.75) is 19.4 Å². The van der Waals surface area contributed by atoms with Crippen molar-refractivity contribution in [3.05, 3.63) is 34.8 Å². The second-order valence-corrected chi connectivity index (χ2v) is 7.56. The number of rotatable bonds is 3. The average Bonchev–Trinajstić information content (AvgIpc) is 2.82. The molecule has 2 unspecified atom stereocenters. The fourth-order valence-corrected chi connectivity index (χ4v) is 4.19. The molecule has 0 spiro atoms. The summed E-state index contributed by atoms with van der Waals surface area (Å²) in [5.74, 6) is 2.23. The molecule has 2 aromatic heterocycles. The molecule has 1 amide bonds. The fraction of sp³-hybridized carbons (Fsp3) is 0.500. The molecule has 116 valence electrons. The molecule has 5 nitrogen and oxygen atoms in total. The van der Waals surface area contributed by atoms with E-state index in [0.717, 1.165) is 29.0 Å². The maximum atomic E-state index is 12.6. The largest absolute Gasteiger partial charge is 0.344 e. The van der Waals surface area contributed by atoms with Crippen LogP contribution in [0, 0.1) is 17.8 Å². The van der Waals surface area contributed by atoms with Crippen molar-refractivity contribution < 1.29 is 4.79 Å². The van der Waals surface area contributed by atoms with Gasteiger partial charge < -0.3 is 15.0 Å². The van der Waals surface area contributed by atoms with Crippen LogP contribution in [0.2, 0.25) is 0 Å². The number of carbonyl (C=O) groups excluding carboxylic acids is 1. The number of aromatic nitrogens is 2. The van der Waals surface area contributed by atoms with E-state index in [2.05, 4.69) is 31.5 Å². The molecule has 0 aromatic carbocycles. The minimum Gasteiger partial charge on any atom is -0.344 e. The minimum atomic E-state index is -0.516. The molecule has 2 aromatic rings. The highest BCUT2D eigenvalue weighted by molar-refractivity contribution is 9.10. The van der Waals surface area contributed by atoms with Crippen LogP contribution >= 0.6 is 15.9 Å². The average molecular weight is 363 g/mol. The third-order valence-electron chi connectivity index (χ3n) is 4.89. The summed E-state index contributed by atoms with van der Waals surface area (Å²) in [5.41, 5.74) is 0.491. The normalized spacial score (nSPS) is 27.0. The van der Waals surface area contributed by atoms with Crippen molar-refractivity contribution in [1.29, 1.82) is 0 Å². The van der Waals surface area contributed by atoms with Gasteiger partial charge in [0.2, 0.25) is 5.91 Å². The molecule has 1 saturated carbocycles. The Morgan fingerprint density at radius 1 is 1.41 bits per heavy atom. The van der Waals surface area contributed by atoms with Crippen LogP contribution < -0.4 is 10.6 Å². The first-order chi connectivity index (χ1) is 10.5. The second kappa shape index (κ2) is 4.80. The number of imidazole rings is 1. The molecule has 4 rings (SSSR count). The predicted molar refractivity (Wildman–Crippen MR) is 87.4 cm³/mol. The lowest BCUT2D eigenvalue weighted by molar-refractivity contribution is -0.124. The lowest BCUT2D eigenvalue weighted by Crippen LogP contribution is -2.44. The molecule has 0 bridgehead atoms. The van der Waals surface area contributed by atoms with Crippen LogP contribution in [0.4, 0.5) is 0 Å². The third kappa shape index (κ3) is 2.08. The van der Waals surface area contributed by atoms with Crippen molar-refractivity contribution >= 4 is 27.4 Å². The van der Waals surface area contributed by atoms with Gasteiger partial charge in [-0.1, -0.05) is 6.07 Å². The Morgan fingerprint density at radius 2 is 2.14 bits per heavy atom. The maximum absolute atomic E-state index is 12.6. The molecule has 1 saturated heterocycles. The zero-order valence-corrected chi connectivity index (χ0v) is 14.2. The van der Waals surface area contributed by atoms with E-state index in [1.54, 1.807) is 0 Å². The predicted octanol–water partition coefficient (Wildman–Crippen LogP) is 1.91. The topological polar surface area (TPSA) is 58.4 Å². The van der Waals surface area contributed by atoms with Gasteiger partial charge in [0, 0.05) is 12.1 Å². The Bertz CT molecular complexity index is 744. The smallest absolute Gasteiger partial charge is 0.224 e. The number of piperidine rings is 1. The lowest BCUT2D eigenvalue weighted by atomic mass is 10.0. The fourth-order valence-electron chi connectivity index (χ4n) is 3.70. The van der Waals surface area contributed by atoms with Crippen LogP contribution in [-0.2, 0) is 10.3 Å². The molecule has 2 atom stereocenters. The van der Waals surface area contributed by atoms with E-state index in [1.807, 2.05) is 42.6 Å². The van der Waals surface area contributed by atoms with Gasteiger partial charge in [-0.2, -0.15) is 0 Å². The zero-order chi connectivity index (χ0) is 15.5. The van der Waals surface area contributed by atoms with Crippen molar-refractivity contribution in [3.63, 3.8) is 0 Å². The quantitative estimate of drug-likeness (QED) is 0.876. The summed E-state index contributed by atoms with van der Waals surface area (Å²) in [5, 5.41) is 6.52. The van der Waals surface area contributed by atoms with Gasteiger partial charge in [-0.15, -0.1) is 0 Å². The Balaban J connectivity index is 1.61. The van der Waals surface area contributed by atoms with Crippen LogP contribution in [0.25, 0.3) is 5.52 Å². The van der Waals surface area contributed by atoms with Crippen molar-refractivity contribution in [3.8, 4) is 0 Å². The third-order valence-corrected chi connectivity index (χ3v) is 5.48. The Labute approximate surface area is 137 Å². The van der Waals surface area contributed by atoms with Crippen LogP contribution in [0.1, 0.15) is 19.7 Å². The highest BCUT2D eigenvalue weighted by Crippen LogP contribution is 2.49. The SMILES string of the molecule is CC(C)(NC(=O)C1C2CNCC21)c1nc(Br)c2ccccn12. The Kier molecular flexibility index (Phi) is 3.10. The minimum absolute atomic E-state index is 0.158. The van der Waals surface area contributed by atoms with E-state index < -0.39 is 5.54 Å². The summed E-state index contributed by atoms with van der Waals surface area (Å²) < 4.78 is 2.83. The first-order valence-electron chi connectivity index (χ1n) is 7.65. The summed E-state index contributed by atoms with van der Waals surface area (Å²) in [4.78, 5) is 17.2. The van der Waals surface area contributed by atoms with E-state index >= 15 is 0 Å². The molecule has 22 heavy (non-hydrogen) atoms. The number of fused-ring (bicyclic) bond motifs is 2. The second-order valence-electron chi connectivity index (χ2n) is 6.81. The standard InChI is InChI=1S/C16H19BrN4O/c1-16(2,20-14(22)12-9-7-18-8-10(9)12)15-19-13(17)11-5-3-4-6-21(11)15/h3-6,9-10,12,18H,7-8H2,1-2H3,(H,20,22). The van der Waals surface area contributed by atoms with Crippen LogP contribution in [-0.4, -0.2) is 28.4 Å². The van der Waals surface area contributed by atoms with Gasteiger partial charge in [0.25, 0.3) is 0 Å². The van der Waals surface area contributed by atoms with Gasteiger partial charge in [0.15, 0.2) is 0 Å². The lowest BCUT2D eigenvalue weighted by Gasteiger charge is -2.25. The van der Waals surface area contributed by atoms with Crippen molar-refractivity contribution in [2.24, 2.45) is 17.8 Å². The summed E-state index contributed by atoms with van der Waals surface area (Å²) >= 11 is 3.50. The number of carbonyl (C=O) groups is 1. The molecule has 3 heterocycles. The first-order valence-corrected chi connectivity index (χ1v) is 8.44. The zero-order valence-electron chi connectivity index (χ0n) is 12.6. The van der Waals surface area contributed by atoms with Gasteiger partial charge in [0.1, 0.15) is 10.4 Å². The number of hydrogen-bond acceptors (Lipinski definition) is 3. The van der Waals surface area contributed by atoms with Crippen molar-refractivity contribution in [1.82, 2.24) is 20.0 Å². The van der Waals surface area contributed by atoms with Crippen LogP contribution in [0.3, 0.4) is 0 Å². The summed E-state index contributed by atoms with van der Waals surface area (Å²) in [6.45, 7) is 5.97. The van der Waals surface area contributed by atoms with Gasteiger partial charge in [-0.25, -0.2) is 4.98 Å². The molecule has 2 N–H and O–H groups in total. The van der Waals surface area contributed by atoms with Crippen LogP contribution in [0.15, 0.2) is 29.0 Å². The molecular formula is C16H19BrN4O. The Morgan fingerprint density at radius 3 is 2.86 bits per heavy atom. The van der Waals surface area contributed by atoms with E-state index in [4.69, 9.17) is 0 Å². The summed E-state index contributed by atoms with van der Waals surface area (Å²) in [6.07, 6.45) is 1.98. The molecule has 2 aliphatic rings. The molecule has 2 fully saturated rings. The van der Waals surface area contributed by atoms with E-state index in [0.29, 0.717) is 11.8 Å². The highest BCUT2D eigenvalue weighted by atomic mass is 79.9. The Hall–Kier alpha value is -1.40. The number of nitrogens with one attached hydrogen (secondary N) is 2. The molecule has 6 heteroatoms. The van der Waals surface area contributed by atoms with Gasteiger partial charge in [0.05, 0.1) is 11.1 Å².